The van der Waals surface area contributed by atoms with Crippen LogP contribution in [-0.2, 0) is 9.68 Å². The molecule has 0 aromatic rings. The van der Waals surface area contributed by atoms with E-state index < -0.39 is 9.68 Å². The van der Waals surface area contributed by atoms with E-state index in [1.165, 1.54) is 6.42 Å². The summed E-state index contributed by atoms with van der Waals surface area (Å²) < 4.78 is 0.454. The Bertz CT molecular complexity index is 237. The first-order valence-electron chi connectivity index (χ1n) is 7.94. The largest absolute Gasteiger partial charge is 0.320 e. The highest BCUT2D eigenvalue weighted by molar-refractivity contribution is 6.23. The van der Waals surface area contributed by atoms with Gasteiger partial charge in [-0.05, 0) is 47.1 Å². The molecule has 0 rings (SSSR count). The van der Waals surface area contributed by atoms with Crippen LogP contribution in [0, 0.1) is 0 Å². The molecule has 0 fully saturated rings. The van der Waals surface area contributed by atoms with Gasteiger partial charge in [0.1, 0.15) is 17.7 Å². The number of nitrogens with zero attached hydrogens (tertiary/aromatic N) is 1. The van der Waals surface area contributed by atoms with Gasteiger partial charge in [-0.1, -0.05) is 31.7 Å². The van der Waals surface area contributed by atoms with E-state index in [0.29, 0.717) is 4.48 Å². The summed E-state index contributed by atoms with van der Waals surface area (Å²) in [6, 6.07) is 0. The smallest absolute Gasteiger partial charge is 0.182 e. The SMILES string of the molecule is CCCC[N+](OC(C)(C)CC)(OC(C)(C)CC)[SiH2]C. The minimum absolute atomic E-state index is 0.124. The molecule has 0 aliphatic carbocycles. The summed E-state index contributed by atoms with van der Waals surface area (Å²) in [6.45, 7) is 18.5. The van der Waals surface area contributed by atoms with Gasteiger partial charge < -0.3 is 0 Å². The summed E-state index contributed by atoms with van der Waals surface area (Å²) in [4.78, 5) is 12.9. The Morgan fingerprint density at radius 3 is 1.58 bits per heavy atom. The molecule has 0 aliphatic heterocycles. The van der Waals surface area contributed by atoms with E-state index in [-0.39, 0.29) is 11.2 Å². The predicted octanol–water partition coefficient (Wildman–Crippen LogP) is 3.98. The number of hydroxylamine groups is 2. The van der Waals surface area contributed by atoms with Gasteiger partial charge in [0.2, 0.25) is 0 Å². The van der Waals surface area contributed by atoms with E-state index in [0.717, 1.165) is 25.8 Å². The molecule has 0 atom stereocenters. The quantitative estimate of drug-likeness (QED) is 0.447. The Balaban J connectivity index is 5.08. The van der Waals surface area contributed by atoms with Crippen molar-refractivity contribution in [1.29, 1.82) is 0 Å². The van der Waals surface area contributed by atoms with Crippen molar-refractivity contribution in [1.82, 2.24) is 0 Å². The second-order valence-corrected chi connectivity index (χ2v) is 8.21. The fraction of sp³-hybridized carbons (Fsp3) is 1.00. The van der Waals surface area contributed by atoms with Crippen molar-refractivity contribution in [2.45, 2.75) is 91.9 Å². The second kappa shape index (κ2) is 7.77. The van der Waals surface area contributed by atoms with Gasteiger partial charge in [-0.2, -0.15) is 9.68 Å². The van der Waals surface area contributed by atoms with Gasteiger partial charge in [-0.25, -0.2) is 0 Å². The molecule has 0 amide bonds. The zero-order valence-corrected chi connectivity index (χ0v) is 15.9. The van der Waals surface area contributed by atoms with Crippen LogP contribution in [0.4, 0.5) is 0 Å². The lowest BCUT2D eigenvalue weighted by atomic mass is 10.1. The third-order valence-electron chi connectivity index (χ3n) is 3.86. The Hall–Kier alpha value is 0.0969. The molecule has 0 aliphatic rings. The summed E-state index contributed by atoms with van der Waals surface area (Å²) in [6.07, 6.45) is 4.34. The van der Waals surface area contributed by atoms with Crippen LogP contribution in [0.25, 0.3) is 0 Å². The molecular weight excluding hydrogens is 254 g/mol. The van der Waals surface area contributed by atoms with Crippen molar-refractivity contribution in [3.63, 3.8) is 0 Å². The Labute approximate surface area is 123 Å². The molecule has 4 heteroatoms. The Kier molecular flexibility index (Phi) is 7.81. The first-order valence-corrected chi connectivity index (χ1v) is 9.99. The van der Waals surface area contributed by atoms with E-state index in [9.17, 15) is 0 Å². The lowest BCUT2D eigenvalue weighted by Crippen LogP contribution is -2.58. The molecule has 0 aromatic carbocycles. The average molecular weight is 291 g/mol. The van der Waals surface area contributed by atoms with E-state index in [1.807, 2.05) is 0 Å². The van der Waals surface area contributed by atoms with Crippen LogP contribution < -0.4 is 0 Å². The fourth-order valence-electron chi connectivity index (χ4n) is 1.83. The van der Waals surface area contributed by atoms with Gasteiger partial charge in [-0.3, -0.25) is 0 Å². The lowest BCUT2D eigenvalue weighted by molar-refractivity contribution is -1.19. The number of unbranched alkanes of at least 4 members (excludes halogenated alkanes) is 1. The summed E-state index contributed by atoms with van der Waals surface area (Å²) in [5.74, 6) is 0. The first-order chi connectivity index (χ1) is 8.66. The van der Waals surface area contributed by atoms with Gasteiger partial charge in [-0.15, -0.1) is 0 Å². The van der Waals surface area contributed by atoms with Crippen molar-refractivity contribution in [2.75, 3.05) is 6.54 Å². The van der Waals surface area contributed by atoms with E-state index in [1.54, 1.807) is 0 Å². The number of hydrogen-bond acceptors (Lipinski definition) is 2. The van der Waals surface area contributed by atoms with Crippen molar-refractivity contribution < 1.29 is 14.2 Å². The zero-order valence-electron chi connectivity index (χ0n) is 14.5. The summed E-state index contributed by atoms with van der Waals surface area (Å²) in [5.41, 5.74) is -0.249. The van der Waals surface area contributed by atoms with Crippen molar-refractivity contribution in [2.24, 2.45) is 0 Å². The maximum absolute atomic E-state index is 6.44. The minimum atomic E-state index is -0.484. The van der Waals surface area contributed by atoms with Crippen molar-refractivity contribution >= 4 is 9.68 Å². The molecule has 116 valence electrons. The van der Waals surface area contributed by atoms with Gasteiger partial charge in [0.25, 0.3) is 0 Å². The molecule has 0 saturated heterocycles. The molecular formula is C15H36NO2Si+. The molecule has 0 radical (unpaired) electrons. The van der Waals surface area contributed by atoms with E-state index in [2.05, 4.69) is 55.0 Å². The number of hydrogen-bond donors (Lipinski definition) is 0. The molecule has 0 heterocycles. The maximum Gasteiger partial charge on any atom is 0.320 e. The number of rotatable bonds is 10. The highest BCUT2D eigenvalue weighted by Gasteiger charge is 2.40. The molecule has 0 N–H and O–H groups in total. The average Bonchev–Trinajstić information content (AvgIpc) is 2.35. The maximum atomic E-state index is 6.44. The summed E-state index contributed by atoms with van der Waals surface area (Å²) in [7, 11) is -0.484. The highest BCUT2D eigenvalue weighted by atomic mass is 28.2. The highest BCUT2D eigenvalue weighted by Crippen LogP contribution is 2.28. The summed E-state index contributed by atoms with van der Waals surface area (Å²) in [5, 5.41) is 0. The zero-order chi connectivity index (χ0) is 15.2. The van der Waals surface area contributed by atoms with Gasteiger partial charge in [0, 0.05) is 6.42 Å². The third-order valence-corrected chi connectivity index (χ3v) is 5.40. The fourth-order valence-corrected chi connectivity index (χ4v) is 3.32. The van der Waals surface area contributed by atoms with Crippen molar-refractivity contribution in [3.05, 3.63) is 0 Å². The van der Waals surface area contributed by atoms with Crippen LogP contribution in [0.5, 0.6) is 0 Å². The standard InChI is InChI=1S/C15H36NO2Si/c1-9-12-13-16(19-8,17-14(4,5)10-2)18-15(6,7)11-3/h9-13,19H2,1-8H3/q+1. The molecule has 0 aromatic heterocycles. The first kappa shape index (κ1) is 19.1. The minimum Gasteiger partial charge on any atom is -0.182 e. The normalized spacial score (nSPS) is 14.5. The summed E-state index contributed by atoms with van der Waals surface area (Å²) >= 11 is 0. The third kappa shape index (κ3) is 6.89. The van der Waals surface area contributed by atoms with Crippen LogP contribution in [0.1, 0.15) is 74.1 Å². The van der Waals surface area contributed by atoms with Gasteiger partial charge in [0.05, 0.1) is 0 Å². The lowest BCUT2D eigenvalue weighted by Gasteiger charge is -2.43. The molecule has 0 bridgehead atoms. The Morgan fingerprint density at radius 1 is 0.895 bits per heavy atom. The topological polar surface area (TPSA) is 18.5 Å². The van der Waals surface area contributed by atoms with Crippen LogP contribution >= 0.6 is 0 Å². The second-order valence-electron chi connectivity index (χ2n) is 6.62. The monoisotopic (exact) mass is 290 g/mol. The Morgan fingerprint density at radius 2 is 1.32 bits per heavy atom. The van der Waals surface area contributed by atoms with E-state index >= 15 is 0 Å². The molecule has 19 heavy (non-hydrogen) atoms. The van der Waals surface area contributed by atoms with Gasteiger partial charge in [0.15, 0.2) is 0 Å². The van der Waals surface area contributed by atoms with Crippen LogP contribution in [0.15, 0.2) is 0 Å². The van der Waals surface area contributed by atoms with Crippen LogP contribution in [-0.4, -0.2) is 31.9 Å². The molecule has 0 unspecified atom stereocenters. The molecule has 3 nitrogen and oxygen atoms in total. The number of quaternary nitrogens is 1. The predicted molar refractivity (Wildman–Crippen MR) is 85.4 cm³/mol. The van der Waals surface area contributed by atoms with E-state index in [4.69, 9.17) is 9.68 Å². The molecule has 0 spiro atoms. The van der Waals surface area contributed by atoms with Gasteiger partial charge >= 0.3 is 9.68 Å². The molecule has 0 saturated carbocycles. The van der Waals surface area contributed by atoms with Crippen LogP contribution in [0.3, 0.4) is 0 Å². The van der Waals surface area contributed by atoms with Crippen LogP contribution in [0.2, 0.25) is 6.55 Å². The van der Waals surface area contributed by atoms with Crippen molar-refractivity contribution in [3.8, 4) is 0 Å².